The van der Waals surface area contributed by atoms with Gasteiger partial charge in [-0.1, -0.05) is 116 Å². The lowest BCUT2D eigenvalue weighted by molar-refractivity contribution is 0.620. The molecule has 0 spiro atoms. The maximum Gasteiger partial charge on any atom is 0.227 e. The van der Waals surface area contributed by atoms with Crippen LogP contribution in [-0.4, -0.2) is 13.1 Å². The van der Waals surface area contributed by atoms with E-state index in [2.05, 4.69) is 122 Å². The summed E-state index contributed by atoms with van der Waals surface area (Å²) in [4.78, 5) is 4.62. The molecule has 0 unspecified atom stereocenters. The van der Waals surface area contributed by atoms with Crippen molar-refractivity contribution in [1.29, 1.82) is 0 Å². The summed E-state index contributed by atoms with van der Waals surface area (Å²) >= 11 is 0. The highest BCUT2D eigenvalue weighted by Gasteiger charge is 2.16. The van der Waals surface area contributed by atoms with Crippen LogP contribution in [0.3, 0.4) is 0 Å². The second-order valence-electron chi connectivity index (χ2n) is 10.6. The number of benzene rings is 5. The van der Waals surface area contributed by atoms with Gasteiger partial charge in [0.1, 0.15) is 5.52 Å². The average molecular weight is 496 g/mol. The van der Waals surface area contributed by atoms with Crippen LogP contribution in [0.15, 0.2) is 126 Å². The van der Waals surface area contributed by atoms with E-state index < -0.39 is 8.07 Å². The molecule has 5 aromatic carbocycles. The molecule has 0 saturated heterocycles. The van der Waals surface area contributed by atoms with Gasteiger partial charge < -0.3 is 4.42 Å². The summed E-state index contributed by atoms with van der Waals surface area (Å²) in [6.07, 6.45) is 0. The Morgan fingerprint density at radius 1 is 0.486 bits per heavy atom. The van der Waals surface area contributed by atoms with E-state index in [1.165, 1.54) is 38.6 Å². The summed E-state index contributed by atoms with van der Waals surface area (Å²) in [5.41, 5.74) is 10.0. The highest BCUT2D eigenvalue weighted by molar-refractivity contribution is 6.88. The van der Waals surface area contributed by atoms with E-state index in [0.717, 1.165) is 16.7 Å². The number of fused-ring (bicyclic) bond motifs is 1. The third kappa shape index (κ3) is 4.78. The Hall–Kier alpha value is -4.21. The van der Waals surface area contributed by atoms with Gasteiger partial charge >= 0.3 is 0 Å². The molecular formula is C34H29NOSi. The molecule has 3 heteroatoms. The molecule has 37 heavy (non-hydrogen) atoms. The third-order valence-corrected chi connectivity index (χ3v) is 8.94. The third-order valence-electron chi connectivity index (χ3n) is 6.90. The summed E-state index contributed by atoms with van der Waals surface area (Å²) < 4.78 is 5.93. The van der Waals surface area contributed by atoms with Gasteiger partial charge in [0.15, 0.2) is 5.58 Å². The Kier molecular flexibility index (Phi) is 5.86. The van der Waals surface area contributed by atoms with Crippen LogP contribution in [0.5, 0.6) is 0 Å². The van der Waals surface area contributed by atoms with Crippen LogP contribution >= 0.6 is 0 Å². The minimum absolute atomic E-state index is 0.650. The summed E-state index contributed by atoms with van der Waals surface area (Å²) in [6, 6.07) is 43.0. The van der Waals surface area contributed by atoms with Crippen molar-refractivity contribution >= 4 is 24.4 Å². The first kappa shape index (κ1) is 23.2. The van der Waals surface area contributed by atoms with Crippen LogP contribution in [0.1, 0.15) is 0 Å². The zero-order valence-corrected chi connectivity index (χ0v) is 22.4. The molecule has 0 aliphatic heterocycles. The topological polar surface area (TPSA) is 26.0 Å². The minimum atomic E-state index is -1.34. The van der Waals surface area contributed by atoms with Gasteiger partial charge in [-0.05, 0) is 63.7 Å². The van der Waals surface area contributed by atoms with Gasteiger partial charge in [0, 0.05) is 5.56 Å². The maximum absolute atomic E-state index is 5.93. The first-order valence-electron chi connectivity index (χ1n) is 12.7. The molecule has 0 aliphatic carbocycles. The lowest BCUT2D eigenvalue weighted by Crippen LogP contribution is -2.37. The van der Waals surface area contributed by atoms with Gasteiger partial charge in [0.2, 0.25) is 5.89 Å². The Morgan fingerprint density at radius 3 is 1.57 bits per heavy atom. The van der Waals surface area contributed by atoms with Crippen LogP contribution in [-0.2, 0) is 0 Å². The number of hydrogen-bond donors (Lipinski definition) is 0. The molecule has 0 N–H and O–H groups in total. The van der Waals surface area contributed by atoms with Crippen molar-refractivity contribution in [3.63, 3.8) is 0 Å². The number of hydrogen-bond acceptors (Lipinski definition) is 2. The van der Waals surface area contributed by atoms with Crippen LogP contribution in [0.2, 0.25) is 19.6 Å². The van der Waals surface area contributed by atoms with Crippen LogP contribution in [0, 0.1) is 0 Å². The van der Waals surface area contributed by atoms with E-state index in [4.69, 9.17) is 4.42 Å². The number of para-hydroxylation sites is 2. The largest absolute Gasteiger partial charge is 0.436 e. The molecule has 0 fully saturated rings. The van der Waals surface area contributed by atoms with Gasteiger partial charge in [0.25, 0.3) is 0 Å². The monoisotopic (exact) mass is 495 g/mol. The summed E-state index contributed by atoms with van der Waals surface area (Å²) in [5.74, 6) is 0.650. The van der Waals surface area contributed by atoms with Crippen LogP contribution in [0.4, 0.5) is 0 Å². The number of nitrogens with zero attached hydrogens (tertiary/aromatic N) is 1. The van der Waals surface area contributed by atoms with E-state index in [1.807, 2.05) is 24.3 Å². The fraction of sp³-hybridized carbons (Fsp3) is 0.0882. The SMILES string of the molecule is C[Si](C)(C)c1cccc(-c2ccc(-c3cccc(-c4ccc(-c5nc6ccccc6o5)cc4)c3)cc2)c1. The summed E-state index contributed by atoms with van der Waals surface area (Å²) in [7, 11) is -1.34. The first-order valence-corrected chi connectivity index (χ1v) is 16.2. The zero-order chi connectivity index (χ0) is 25.4. The summed E-state index contributed by atoms with van der Waals surface area (Å²) in [5, 5.41) is 1.49. The predicted octanol–water partition coefficient (Wildman–Crippen LogP) is 9.04. The van der Waals surface area contributed by atoms with Gasteiger partial charge in [0.05, 0.1) is 8.07 Å². The van der Waals surface area contributed by atoms with Gasteiger partial charge in [-0.2, -0.15) is 0 Å². The Bertz CT molecular complexity index is 1660. The number of aromatic nitrogens is 1. The van der Waals surface area contributed by atoms with Gasteiger partial charge in [-0.3, -0.25) is 0 Å². The smallest absolute Gasteiger partial charge is 0.227 e. The van der Waals surface area contributed by atoms with Crippen molar-refractivity contribution in [2.75, 3.05) is 0 Å². The van der Waals surface area contributed by atoms with Crippen molar-refractivity contribution in [2.45, 2.75) is 19.6 Å². The lowest BCUT2D eigenvalue weighted by Gasteiger charge is -2.17. The molecule has 0 saturated carbocycles. The van der Waals surface area contributed by atoms with Crippen molar-refractivity contribution in [3.05, 3.63) is 121 Å². The molecule has 2 nitrogen and oxygen atoms in total. The van der Waals surface area contributed by atoms with Crippen LogP contribution < -0.4 is 5.19 Å². The molecule has 0 radical (unpaired) electrons. The molecule has 6 aromatic rings. The molecule has 1 heterocycles. The molecule has 180 valence electrons. The molecule has 0 atom stereocenters. The molecule has 0 amide bonds. The Labute approximate surface area is 219 Å². The Morgan fingerprint density at radius 2 is 1.00 bits per heavy atom. The Balaban J connectivity index is 1.25. The highest BCUT2D eigenvalue weighted by Crippen LogP contribution is 2.31. The number of oxazole rings is 1. The highest BCUT2D eigenvalue weighted by atomic mass is 28.3. The van der Waals surface area contributed by atoms with Gasteiger partial charge in [-0.25, -0.2) is 4.98 Å². The molecule has 0 bridgehead atoms. The van der Waals surface area contributed by atoms with Crippen molar-refractivity contribution in [3.8, 4) is 44.8 Å². The second kappa shape index (κ2) is 9.34. The quantitative estimate of drug-likeness (QED) is 0.223. The van der Waals surface area contributed by atoms with E-state index in [-0.39, 0.29) is 0 Å². The standard InChI is InChI=1S/C34H29NOSi/c1-37(2,3)31-11-7-10-30(23-31)26-16-14-24(15-17-26)28-8-6-9-29(22-28)25-18-20-27(21-19-25)34-35-32-12-4-5-13-33(32)36-34/h4-23H,1-3H3. The van der Waals surface area contributed by atoms with Crippen molar-refractivity contribution in [2.24, 2.45) is 0 Å². The van der Waals surface area contributed by atoms with Gasteiger partial charge in [-0.15, -0.1) is 0 Å². The van der Waals surface area contributed by atoms with Crippen LogP contribution in [0.25, 0.3) is 55.9 Å². The molecular weight excluding hydrogens is 466 g/mol. The molecule has 1 aromatic heterocycles. The predicted molar refractivity (Wildman–Crippen MR) is 159 cm³/mol. The first-order chi connectivity index (χ1) is 17.9. The molecule has 0 aliphatic rings. The van der Waals surface area contributed by atoms with E-state index in [1.54, 1.807) is 0 Å². The maximum atomic E-state index is 5.93. The fourth-order valence-electron chi connectivity index (χ4n) is 4.70. The summed E-state index contributed by atoms with van der Waals surface area (Å²) in [6.45, 7) is 7.18. The minimum Gasteiger partial charge on any atom is -0.436 e. The lowest BCUT2D eigenvalue weighted by atomic mass is 9.97. The second-order valence-corrected chi connectivity index (χ2v) is 15.6. The van der Waals surface area contributed by atoms with E-state index >= 15 is 0 Å². The van der Waals surface area contributed by atoms with E-state index in [9.17, 15) is 0 Å². The zero-order valence-electron chi connectivity index (χ0n) is 21.4. The van der Waals surface area contributed by atoms with Crippen molar-refractivity contribution in [1.82, 2.24) is 4.98 Å². The number of rotatable bonds is 5. The average Bonchev–Trinajstić information content (AvgIpc) is 3.37. The fourth-order valence-corrected chi connectivity index (χ4v) is 5.88. The molecule has 6 rings (SSSR count). The normalized spacial score (nSPS) is 11.6. The van der Waals surface area contributed by atoms with E-state index in [0.29, 0.717) is 5.89 Å². The van der Waals surface area contributed by atoms with Crippen molar-refractivity contribution < 1.29 is 4.42 Å².